The van der Waals surface area contributed by atoms with Gasteiger partial charge in [0.1, 0.15) is 11.6 Å². The Balaban J connectivity index is 1.48. The number of aromatic nitrogens is 2. The second-order valence-electron chi connectivity index (χ2n) is 7.85. The number of anilines is 1. The molecule has 0 unspecified atom stereocenters. The zero-order valence-corrected chi connectivity index (χ0v) is 17.0. The van der Waals surface area contributed by atoms with Crippen LogP contribution in [-0.2, 0) is 9.84 Å². The Morgan fingerprint density at radius 2 is 1.77 bits per heavy atom. The molecular formula is C20H22F2N4O3S. The second kappa shape index (κ2) is 7.90. The molecule has 2 aromatic rings. The molecule has 0 bridgehead atoms. The van der Waals surface area contributed by atoms with Crippen LogP contribution in [-0.4, -0.2) is 47.4 Å². The Morgan fingerprint density at radius 1 is 1.10 bits per heavy atom. The predicted molar refractivity (Wildman–Crippen MR) is 105 cm³/mol. The third-order valence-electron chi connectivity index (χ3n) is 6.24. The highest BCUT2D eigenvalue weighted by Gasteiger charge is 2.55. The van der Waals surface area contributed by atoms with Gasteiger partial charge in [0.2, 0.25) is 0 Å². The van der Waals surface area contributed by atoms with E-state index >= 15 is 0 Å². The summed E-state index contributed by atoms with van der Waals surface area (Å²) in [7, 11) is -3.91. The molecule has 160 valence electrons. The van der Waals surface area contributed by atoms with Gasteiger partial charge < -0.3 is 10.2 Å². The second-order valence-corrected chi connectivity index (χ2v) is 10.1. The minimum atomic E-state index is -3.91. The smallest absolute Gasteiger partial charge is 0.321 e. The van der Waals surface area contributed by atoms with Crippen molar-refractivity contribution < 1.29 is 22.0 Å². The minimum absolute atomic E-state index is 0.172. The van der Waals surface area contributed by atoms with Crippen LogP contribution < -0.4 is 5.32 Å². The molecular weight excluding hydrogens is 414 g/mol. The maximum atomic E-state index is 13.7. The van der Waals surface area contributed by atoms with Crippen LogP contribution in [0.3, 0.4) is 0 Å². The molecule has 2 amide bonds. The van der Waals surface area contributed by atoms with Crippen molar-refractivity contribution in [2.45, 2.75) is 41.7 Å². The summed E-state index contributed by atoms with van der Waals surface area (Å²) < 4.78 is 53.0. The fourth-order valence-corrected chi connectivity index (χ4v) is 7.02. The lowest BCUT2D eigenvalue weighted by atomic mass is 9.71. The number of sulfone groups is 1. The number of likely N-dealkylation sites (tertiary alicyclic amines) is 1. The van der Waals surface area contributed by atoms with Crippen molar-refractivity contribution in [1.82, 2.24) is 15.1 Å². The van der Waals surface area contributed by atoms with Gasteiger partial charge in [-0.05, 0) is 49.8 Å². The molecule has 10 heteroatoms. The van der Waals surface area contributed by atoms with Crippen LogP contribution >= 0.6 is 0 Å². The van der Waals surface area contributed by atoms with E-state index in [1.807, 2.05) is 0 Å². The number of rotatable bonds is 4. The first-order valence-electron chi connectivity index (χ1n) is 9.85. The maximum absolute atomic E-state index is 13.7. The molecule has 1 aliphatic carbocycles. The standard InChI is InChI=1S/C20H22F2N4O3S/c21-15-10-16(22)12-18(11-15)30(28,29)20(5-1-6-20)14-3-8-26(9-4-14)19(27)25-17-2-7-23-24-13-17/h2,7,10-14H,1,3-6,8-9H2,(H,23,25,27). The maximum Gasteiger partial charge on any atom is 0.321 e. The Kier molecular flexibility index (Phi) is 5.44. The fourth-order valence-electron chi connectivity index (χ4n) is 4.52. The Labute approximate surface area is 173 Å². The number of carbonyl (C=O) groups excluding carboxylic acids is 1. The summed E-state index contributed by atoms with van der Waals surface area (Å²) in [6, 6.07) is 3.81. The molecule has 2 aliphatic rings. The van der Waals surface area contributed by atoms with Gasteiger partial charge in [0.05, 0.1) is 27.7 Å². The first-order chi connectivity index (χ1) is 14.3. The Bertz CT molecular complexity index is 1020. The molecule has 1 saturated carbocycles. The molecule has 2 fully saturated rings. The summed E-state index contributed by atoms with van der Waals surface area (Å²) in [4.78, 5) is 13.8. The van der Waals surface area contributed by atoms with Gasteiger partial charge in [-0.25, -0.2) is 22.0 Å². The van der Waals surface area contributed by atoms with Crippen molar-refractivity contribution in [1.29, 1.82) is 0 Å². The predicted octanol–water partition coefficient (Wildman–Crippen LogP) is 3.40. The van der Waals surface area contributed by atoms with Gasteiger partial charge in [-0.2, -0.15) is 10.2 Å². The van der Waals surface area contributed by atoms with E-state index in [9.17, 15) is 22.0 Å². The van der Waals surface area contributed by atoms with E-state index in [2.05, 4.69) is 15.5 Å². The van der Waals surface area contributed by atoms with E-state index in [0.717, 1.165) is 18.6 Å². The van der Waals surface area contributed by atoms with Crippen LogP contribution in [0.5, 0.6) is 0 Å². The first kappa shape index (κ1) is 20.6. The summed E-state index contributed by atoms with van der Waals surface area (Å²) in [5.74, 6) is -1.98. The highest BCUT2D eigenvalue weighted by molar-refractivity contribution is 7.93. The van der Waals surface area contributed by atoms with Gasteiger partial charge in [-0.3, -0.25) is 0 Å². The summed E-state index contributed by atoms with van der Waals surface area (Å²) in [5, 5.41) is 10.1. The Morgan fingerprint density at radius 3 is 2.30 bits per heavy atom. The number of amides is 2. The van der Waals surface area contributed by atoms with E-state index < -0.39 is 26.2 Å². The van der Waals surface area contributed by atoms with Crippen molar-refractivity contribution in [3.63, 3.8) is 0 Å². The topological polar surface area (TPSA) is 92.3 Å². The van der Waals surface area contributed by atoms with Crippen molar-refractivity contribution >= 4 is 21.6 Å². The van der Waals surface area contributed by atoms with Gasteiger partial charge in [-0.1, -0.05) is 6.42 Å². The molecule has 7 nitrogen and oxygen atoms in total. The van der Waals surface area contributed by atoms with Gasteiger partial charge in [0.25, 0.3) is 0 Å². The number of carbonyl (C=O) groups is 1. The average molecular weight is 436 g/mol. The minimum Gasteiger partial charge on any atom is -0.325 e. The third-order valence-corrected chi connectivity index (χ3v) is 8.91. The lowest BCUT2D eigenvalue weighted by Gasteiger charge is -2.49. The Hall–Kier alpha value is -2.62. The number of benzene rings is 1. The third kappa shape index (κ3) is 3.64. The molecule has 1 N–H and O–H groups in total. The molecule has 0 spiro atoms. The number of hydrogen-bond donors (Lipinski definition) is 1. The lowest BCUT2D eigenvalue weighted by molar-refractivity contribution is 0.136. The zero-order valence-electron chi connectivity index (χ0n) is 16.2. The highest BCUT2D eigenvalue weighted by Crippen LogP contribution is 2.51. The molecule has 30 heavy (non-hydrogen) atoms. The normalized spacial score (nSPS) is 19.2. The lowest BCUT2D eigenvalue weighted by Crippen LogP contribution is -2.55. The zero-order chi connectivity index (χ0) is 21.4. The molecule has 0 radical (unpaired) electrons. The number of nitrogens with zero attached hydrogens (tertiary/aromatic N) is 3. The van der Waals surface area contributed by atoms with Crippen LogP contribution in [0.4, 0.5) is 19.3 Å². The molecule has 4 rings (SSSR count). The van der Waals surface area contributed by atoms with Crippen molar-refractivity contribution in [3.05, 3.63) is 48.3 Å². The van der Waals surface area contributed by atoms with Crippen molar-refractivity contribution in [2.24, 2.45) is 5.92 Å². The van der Waals surface area contributed by atoms with Crippen LogP contribution in [0.25, 0.3) is 0 Å². The van der Waals surface area contributed by atoms with Gasteiger partial charge in [0, 0.05) is 19.2 Å². The van der Waals surface area contributed by atoms with E-state index in [-0.39, 0.29) is 16.8 Å². The van der Waals surface area contributed by atoms with Gasteiger partial charge in [-0.15, -0.1) is 0 Å². The largest absolute Gasteiger partial charge is 0.325 e. The molecule has 1 aliphatic heterocycles. The number of hydrogen-bond acceptors (Lipinski definition) is 5. The van der Waals surface area contributed by atoms with Crippen LogP contribution in [0.15, 0.2) is 41.6 Å². The summed E-state index contributed by atoms with van der Waals surface area (Å²) in [6.45, 7) is 0.813. The summed E-state index contributed by atoms with van der Waals surface area (Å²) >= 11 is 0. The first-order valence-corrected chi connectivity index (χ1v) is 11.3. The number of nitrogens with one attached hydrogen (secondary N) is 1. The highest BCUT2D eigenvalue weighted by atomic mass is 32.2. The molecule has 1 saturated heterocycles. The number of piperidine rings is 1. The van der Waals surface area contributed by atoms with E-state index in [4.69, 9.17) is 0 Å². The molecule has 1 aromatic heterocycles. The number of urea groups is 1. The number of halogens is 2. The van der Waals surface area contributed by atoms with Crippen molar-refractivity contribution in [2.75, 3.05) is 18.4 Å². The van der Waals surface area contributed by atoms with Gasteiger partial charge >= 0.3 is 6.03 Å². The van der Waals surface area contributed by atoms with Crippen LogP contribution in [0.1, 0.15) is 32.1 Å². The SMILES string of the molecule is O=C(Nc1ccnnc1)N1CCC(C2(S(=O)(=O)c3cc(F)cc(F)c3)CCC2)CC1. The van der Waals surface area contributed by atoms with Crippen molar-refractivity contribution in [3.8, 4) is 0 Å². The van der Waals surface area contributed by atoms with E-state index in [1.54, 1.807) is 11.0 Å². The monoisotopic (exact) mass is 436 g/mol. The quantitative estimate of drug-likeness (QED) is 0.793. The van der Waals surface area contributed by atoms with Crippen LogP contribution in [0, 0.1) is 17.6 Å². The molecule has 0 atom stereocenters. The van der Waals surface area contributed by atoms with Crippen LogP contribution in [0.2, 0.25) is 0 Å². The van der Waals surface area contributed by atoms with Gasteiger partial charge in [0.15, 0.2) is 9.84 Å². The molecule has 2 heterocycles. The summed E-state index contributed by atoms with van der Waals surface area (Å²) in [5.41, 5.74) is 0.531. The fraction of sp³-hybridized carbons (Fsp3) is 0.450. The van der Waals surface area contributed by atoms with E-state index in [0.29, 0.717) is 50.5 Å². The molecule has 1 aromatic carbocycles. The summed E-state index contributed by atoms with van der Waals surface area (Å²) in [6.07, 6.45) is 5.63. The average Bonchev–Trinajstić information content (AvgIpc) is 2.67. The van der Waals surface area contributed by atoms with E-state index in [1.165, 1.54) is 12.4 Å².